The normalized spacial score (nSPS) is 10.3. The van der Waals surface area contributed by atoms with E-state index in [1.807, 2.05) is 36.4 Å². The summed E-state index contributed by atoms with van der Waals surface area (Å²) in [6.45, 7) is 5.55. The lowest BCUT2D eigenvalue weighted by Gasteiger charge is -2.05. The van der Waals surface area contributed by atoms with Crippen molar-refractivity contribution in [2.24, 2.45) is 5.92 Å². The lowest BCUT2D eigenvalue weighted by molar-refractivity contribution is -0.134. The van der Waals surface area contributed by atoms with Crippen LogP contribution in [0.25, 0.3) is 16.9 Å². The SMILES string of the molecule is CC(=O)O.CC(C)Cc1ccc(-c2cc(Cl)n(-c3ccccc3)n2)cc1. The molecule has 4 nitrogen and oxygen atoms in total. The van der Waals surface area contributed by atoms with E-state index in [9.17, 15) is 0 Å². The van der Waals surface area contributed by atoms with E-state index in [1.54, 1.807) is 4.68 Å². The Balaban J connectivity index is 0.000000552. The number of halogens is 1. The second-order valence-electron chi connectivity index (χ2n) is 6.41. The van der Waals surface area contributed by atoms with E-state index in [4.69, 9.17) is 21.5 Å². The molecular formula is C21H23ClN2O2. The summed E-state index contributed by atoms with van der Waals surface area (Å²) in [5.41, 5.74) is 4.30. The Labute approximate surface area is 159 Å². The molecule has 3 rings (SSSR count). The molecule has 1 aromatic heterocycles. The van der Waals surface area contributed by atoms with Gasteiger partial charge in [0.25, 0.3) is 5.97 Å². The zero-order valence-corrected chi connectivity index (χ0v) is 15.9. The Kier molecular flexibility index (Phi) is 6.98. The minimum Gasteiger partial charge on any atom is -0.481 e. The van der Waals surface area contributed by atoms with E-state index < -0.39 is 5.97 Å². The smallest absolute Gasteiger partial charge is 0.300 e. The molecule has 0 saturated carbocycles. The molecule has 136 valence electrons. The largest absolute Gasteiger partial charge is 0.481 e. The molecule has 0 aliphatic rings. The number of hydrogen-bond acceptors (Lipinski definition) is 2. The highest BCUT2D eigenvalue weighted by atomic mass is 35.5. The fourth-order valence-corrected chi connectivity index (χ4v) is 2.77. The molecule has 0 bridgehead atoms. The molecule has 0 aliphatic heterocycles. The molecule has 3 aromatic rings. The van der Waals surface area contributed by atoms with E-state index in [2.05, 4.69) is 43.2 Å². The average molecular weight is 371 g/mol. The number of hydrogen-bond donors (Lipinski definition) is 1. The second kappa shape index (κ2) is 9.20. The highest BCUT2D eigenvalue weighted by molar-refractivity contribution is 6.30. The lowest BCUT2D eigenvalue weighted by atomic mass is 10.0. The number of carboxylic acid groups (broad SMARTS) is 1. The van der Waals surface area contributed by atoms with Gasteiger partial charge in [-0.25, -0.2) is 4.68 Å². The van der Waals surface area contributed by atoms with Gasteiger partial charge < -0.3 is 5.11 Å². The molecule has 5 heteroatoms. The molecule has 26 heavy (non-hydrogen) atoms. The Hall–Kier alpha value is -2.59. The highest BCUT2D eigenvalue weighted by Crippen LogP contribution is 2.25. The van der Waals surface area contributed by atoms with Gasteiger partial charge >= 0.3 is 0 Å². The van der Waals surface area contributed by atoms with Crippen molar-refractivity contribution in [3.63, 3.8) is 0 Å². The maximum Gasteiger partial charge on any atom is 0.300 e. The van der Waals surface area contributed by atoms with Crippen LogP contribution in [0.2, 0.25) is 5.15 Å². The van der Waals surface area contributed by atoms with Gasteiger partial charge in [0.2, 0.25) is 0 Å². The molecule has 0 saturated heterocycles. The first-order valence-corrected chi connectivity index (χ1v) is 8.84. The minimum absolute atomic E-state index is 0.618. The van der Waals surface area contributed by atoms with E-state index in [0.717, 1.165) is 30.3 Å². The molecule has 1 heterocycles. The number of aliphatic carboxylic acids is 1. The van der Waals surface area contributed by atoms with Crippen molar-refractivity contribution in [2.45, 2.75) is 27.2 Å². The van der Waals surface area contributed by atoms with Gasteiger partial charge in [-0.05, 0) is 30.0 Å². The van der Waals surface area contributed by atoms with E-state index in [-0.39, 0.29) is 0 Å². The second-order valence-corrected chi connectivity index (χ2v) is 6.80. The van der Waals surface area contributed by atoms with Crippen molar-refractivity contribution in [3.05, 3.63) is 71.4 Å². The molecule has 2 aromatic carbocycles. The Bertz CT molecular complexity index is 836. The minimum atomic E-state index is -0.833. The zero-order chi connectivity index (χ0) is 19.1. The molecule has 1 N–H and O–H groups in total. The predicted octanol–water partition coefficient (Wildman–Crippen LogP) is 5.48. The summed E-state index contributed by atoms with van der Waals surface area (Å²) in [6.07, 6.45) is 1.10. The first-order chi connectivity index (χ1) is 12.4. The van der Waals surface area contributed by atoms with Crippen LogP contribution < -0.4 is 0 Å². The van der Waals surface area contributed by atoms with Crippen LogP contribution in [0.1, 0.15) is 26.3 Å². The molecule has 0 spiro atoms. The van der Waals surface area contributed by atoms with Gasteiger partial charge in [-0.2, -0.15) is 5.10 Å². The average Bonchev–Trinajstić information content (AvgIpc) is 2.97. The summed E-state index contributed by atoms with van der Waals surface area (Å²) in [7, 11) is 0. The lowest BCUT2D eigenvalue weighted by Crippen LogP contribution is -1.96. The van der Waals surface area contributed by atoms with E-state index >= 15 is 0 Å². The van der Waals surface area contributed by atoms with Gasteiger partial charge in [-0.15, -0.1) is 0 Å². The van der Waals surface area contributed by atoms with Crippen molar-refractivity contribution in [3.8, 4) is 16.9 Å². The standard InChI is InChI=1S/C19H19ClN2.C2H4O2/c1-14(2)12-15-8-10-16(11-9-15)18-13-19(20)22(21-18)17-6-4-3-5-7-17;1-2(3)4/h3-11,13-14H,12H2,1-2H3;1H3,(H,3,4). The fraction of sp³-hybridized carbons (Fsp3) is 0.238. The first-order valence-electron chi connectivity index (χ1n) is 8.46. The number of benzene rings is 2. The summed E-state index contributed by atoms with van der Waals surface area (Å²) in [5, 5.41) is 12.7. The number of aromatic nitrogens is 2. The Morgan fingerprint density at radius 2 is 1.69 bits per heavy atom. The third kappa shape index (κ3) is 5.74. The molecule has 0 radical (unpaired) electrons. The monoisotopic (exact) mass is 370 g/mol. The maximum absolute atomic E-state index is 9.00. The van der Waals surface area contributed by atoms with Crippen LogP contribution in [0.5, 0.6) is 0 Å². The van der Waals surface area contributed by atoms with Gasteiger partial charge in [0, 0.05) is 18.6 Å². The molecular weight excluding hydrogens is 348 g/mol. The van der Waals surface area contributed by atoms with Crippen LogP contribution in [0.3, 0.4) is 0 Å². The van der Waals surface area contributed by atoms with Crippen LogP contribution in [0, 0.1) is 5.92 Å². The maximum atomic E-state index is 9.00. The Morgan fingerprint density at radius 3 is 2.23 bits per heavy atom. The van der Waals surface area contributed by atoms with Crippen molar-refractivity contribution in [2.75, 3.05) is 0 Å². The summed E-state index contributed by atoms with van der Waals surface area (Å²) in [6, 6.07) is 20.4. The predicted molar refractivity (Wildman–Crippen MR) is 106 cm³/mol. The molecule has 0 unspecified atom stereocenters. The molecule has 0 aliphatic carbocycles. The number of para-hydroxylation sites is 1. The summed E-state index contributed by atoms with van der Waals surface area (Å²) in [5.74, 6) is -0.169. The Morgan fingerprint density at radius 1 is 1.12 bits per heavy atom. The van der Waals surface area contributed by atoms with Gasteiger partial charge in [0.15, 0.2) is 0 Å². The number of carboxylic acids is 1. The van der Waals surface area contributed by atoms with E-state index in [1.165, 1.54) is 5.56 Å². The number of carbonyl (C=O) groups is 1. The van der Waals surface area contributed by atoms with Crippen LogP contribution in [-0.2, 0) is 11.2 Å². The molecule has 0 atom stereocenters. The van der Waals surface area contributed by atoms with Gasteiger partial charge in [-0.1, -0.05) is 67.9 Å². The topological polar surface area (TPSA) is 55.1 Å². The summed E-state index contributed by atoms with van der Waals surface area (Å²) < 4.78 is 1.76. The molecule has 0 amide bonds. The fourth-order valence-electron chi connectivity index (χ4n) is 2.53. The molecule has 0 fully saturated rings. The van der Waals surface area contributed by atoms with E-state index in [0.29, 0.717) is 11.1 Å². The number of nitrogens with zero attached hydrogens (tertiary/aromatic N) is 2. The van der Waals surface area contributed by atoms with Crippen molar-refractivity contribution in [1.82, 2.24) is 9.78 Å². The van der Waals surface area contributed by atoms with Gasteiger partial charge in [0.05, 0.1) is 11.4 Å². The van der Waals surface area contributed by atoms with Crippen molar-refractivity contribution >= 4 is 17.6 Å². The zero-order valence-electron chi connectivity index (χ0n) is 15.2. The van der Waals surface area contributed by atoms with Crippen molar-refractivity contribution in [1.29, 1.82) is 0 Å². The highest BCUT2D eigenvalue weighted by Gasteiger charge is 2.09. The summed E-state index contributed by atoms with van der Waals surface area (Å²) in [4.78, 5) is 9.00. The number of rotatable bonds is 4. The van der Waals surface area contributed by atoms with Crippen molar-refractivity contribution < 1.29 is 9.90 Å². The van der Waals surface area contributed by atoms with Crippen LogP contribution in [0.15, 0.2) is 60.7 Å². The van der Waals surface area contributed by atoms with Crippen LogP contribution in [0.4, 0.5) is 0 Å². The third-order valence-electron chi connectivity index (χ3n) is 3.56. The third-order valence-corrected chi connectivity index (χ3v) is 3.83. The summed E-state index contributed by atoms with van der Waals surface area (Å²) >= 11 is 6.33. The quantitative estimate of drug-likeness (QED) is 0.661. The first kappa shape index (κ1) is 19.7. The van der Waals surface area contributed by atoms with Gasteiger partial charge in [-0.3, -0.25) is 4.79 Å². The van der Waals surface area contributed by atoms with Crippen LogP contribution >= 0.6 is 11.6 Å². The van der Waals surface area contributed by atoms with Gasteiger partial charge in [0.1, 0.15) is 5.15 Å². The van der Waals surface area contributed by atoms with Crippen LogP contribution in [-0.4, -0.2) is 20.9 Å².